The molecule has 1 N–H and O–H groups in total. The highest BCUT2D eigenvalue weighted by atomic mass is 16.5. The molecule has 150 valence electrons. The number of hydrogen-bond donors (Lipinski definition) is 1. The van der Waals surface area contributed by atoms with E-state index >= 15 is 0 Å². The number of aromatic carboxylic acids is 1. The fourth-order valence-corrected chi connectivity index (χ4v) is 3.81. The van der Waals surface area contributed by atoms with Crippen LogP contribution in [0.5, 0.6) is 5.75 Å². The Bertz CT molecular complexity index is 1010. The number of hydrogen-bond acceptors (Lipinski definition) is 4. The van der Waals surface area contributed by atoms with E-state index in [4.69, 9.17) is 4.74 Å². The van der Waals surface area contributed by atoms with Crippen LogP contribution in [-0.2, 0) is 22.6 Å². The van der Waals surface area contributed by atoms with Gasteiger partial charge in [0.25, 0.3) is 5.91 Å². The number of carbonyl (C=O) groups is 3. The second kappa shape index (κ2) is 6.92. The number of amides is 2. The van der Waals surface area contributed by atoms with Gasteiger partial charge in [0.1, 0.15) is 12.3 Å². The number of fused-ring (bicyclic) bond motifs is 2. The zero-order chi connectivity index (χ0) is 20.8. The fourth-order valence-electron chi connectivity index (χ4n) is 3.81. The van der Waals surface area contributed by atoms with Crippen molar-refractivity contribution in [2.45, 2.75) is 32.4 Å². The van der Waals surface area contributed by atoms with E-state index in [1.54, 1.807) is 18.7 Å². The minimum absolute atomic E-state index is 0.0628. The molecular weight excluding hydrogens is 372 g/mol. The topological polar surface area (TPSA) is 87.2 Å². The summed E-state index contributed by atoms with van der Waals surface area (Å²) in [6.45, 7) is 4.22. The Morgan fingerprint density at radius 3 is 2.59 bits per heavy atom. The summed E-state index contributed by atoms with van der Waals surface area (Å²) in [5, 5.41) is 9.23. The average molecular weight is 394 g/mol. The lowest BCUT2D eigenvalue weighted by Gasteiger charge is -2.39. The Kier molecular flexibility index (Phi) is 4.53. The van der Waals surface area contributed by atoms with Gasteiger partial charge < -0.3 is 14.7 Å². The van der Waals surface area contributed by atoms with E-state index in [2.05, 4.69) is 6.07 Å². The maximum atomic E-state index is 13.0. The molecule has 2 aliphatic rings. The number of nitrogens with zero attached hydrogens (tertiary/aromatic N) is 2. The van der Waals surface area contributed by atoms with Gasteiger partial charge >= 0.3 is 5.97 Å². The summed E-state index contributed by atoms with van der Waals surface area (Å²) in [6, 6.07) is 12.3. The first-order valence-corrected chi connectivity index (χ1v) is 9.49. The van der Waals surface area contributed by atoms with Gasteiger partial charge in [-0.05, 0) is 49.6 Å². The van der Waals surface area contributed by atoms with Crippen LogP contribution in [0, 0.1) is 0 Å². The first kappa shape index (κ1) is 19.0. The number of rotatable bonds is 3. The number of carboxylic acids is 1. The molecule has 0 aromatic heterocycles. The van der Waals surface area contributed by atoms with Crippen LogP contribution in [-0.4, -0.2) is 46.5 Å². The first-order valence-electron chi connectivity index (χ1n) is 9.49. The fraction of sp³-hybridized carbons (Fsp3) is 0.318. The number of ether oxygens (including phenoxy) is 1. The molecule has 2 aromatic carbocycles. The summed E-state index contributed by atoms with van der Waals surface area (Å²) in [6.07, 6.45) is 0.781. The zero-order valence-electron chi connectivity index (χ0n) is 16.3. The van der Waals surface area contributed by atoms with E-state index in [9.17, 15) is 19.5 Å². The molecular formula is C22H22N2O5. The van der Waals surface area contributed by atoms with E-state index in [0.29, 0.717) is 18.8 Å². The van der Waals surface area contributed by atoms with Gasteiger partial charge in [-0.15, -0.1) is 0 Å². The predicted octanol–water partition coefficient (Wildman–Crippen LogP) is 2.47. The van der Waals surface area contributed by atoms with E-state index in [0.717, 1.165) is 12.0 Å². The number of anilines is 1. The smallest absolute Gasteiger partial charge is 0.335 e. The summed E-state index contributed by atoms with van der Waals surface area (Å²) in [5.41, 5.74) is 1.63. The van der Waals surface area contributed by atoms with Gasteiger partial charge in [-0.25, -0.2) is 4.79 Å². The normalized spacial score (nSPS) is 17.2. The van der Waals surface area contributed by atoms with Crippen LogP contribution < -0.4 is 9.64 Å². The van der Waals surface area contributed by atoms with Crippen molar-refractivity contribution in [3.63, 3.8) is 0 Å². The third-order valence-electron chi connectivity index (χ3n) is 5.40. The van der Waals surface area contributed by atoms with Crippen molar-refractivity contribution in [2.24, 2.45) is 0 Å². The molecule has 2 aromatic rings. The van der Waals surface area contributed by atoms with Crippen molar-refractivity contribution in [1.29, 1.82) is 0 Å². The molecule has 4 rings (SSSR count). The molecule has 7 heteroatoms. The lowest BCUT2D eigenvalue weighted by atomic mass is 9.99. The third-order valence-corrected chi connectivity index (χ3v) is 5.40. The van der Waals surface area contributed by atoms with Gasteiger partial charge in [-0.1, -0.05) is 24.3 Å². The largest absolute Gasteiger partial charge is 0.478 e. The summed E-state index contributed by atoms with van der Waals surface area (Å²) >= 11 is 0. The predicted molar refractivity (Wildman–Crippen MR) is 106 cm³/mol. The summed E-state index contributed by atoms with van der Waals surface area (Å²) in [7, 11) is 0. The quantitative estimate of drug-likeness (QED) is 0.864. The van der Waals surface area contributed by atoms with Gasteiger partial charge in [0.05, 0.1) is 11.3 Å². The molecule has 0 saturated carbocycles. The summed E-state index contributed by atoms with van der Waals surface area (Å²) in [4.78, 5) is 40.4. The van der Waals surface area contributed by atoms with Crippen LogP contribution in [0.4, 0.5) is 5.69 Å². The molecule has 0 saturated heterocycles. The maximum absolute atomic E-state index is 13.0. The lowest BCUT2D eigenvalue weighted by molar-refractivity contribution is -0.137. The average Bonchev–Trinajstić information content (AvgIpc) is 2.70. The van der Waals surface area contributed by atoms with Gasteiger partial charge in [0.15, 0.2) is 5.60 Å². The van der Waals surface area contributed by atoms with Crippen LogP contribution in [0.15, 0.2) is 42.5 Å². The molecule has 0 radical (unpaired) electrons. The minimum atomic E-state index is -1.20. The number of carboxylic acid groups (broad SMARTS) is 1. The highest BCUT2D eigenvalue weighted by molar-refractivity contribution is 6.06. The van der Waals surface area contributed by atoms with E-state index in [1.807, 2.05) is 18.2 Å². The van der Waals surface area contributed by atoms with Gasteiger partial charge in [-0.3, -0.25) is 14.5 Å². The standard InChI is InChI=1S/C22H22N2O5/c1-22(2)21(28)24(17-8-7-15(20(26)27)11-18(17)29-22)13-19(25)23-10-9-14-5-3-4-6-16(14)12-23/h3-8,11H,9-10,12-13H2,1-2H3,(H,26,27). The van der Waals surface area contributed by atoms with Gasteiger partial charge in [0, 0.05) is 13.1 Å². The Morgan fingerprint density at radius 2 is 1.86 bits per heavy atom. The van der Waals surface area contributed by atoms with Gasteiger partial charge in [-0.2, -0.15) is 0 Å². The van der Waals surface area contributed by atoms with Crippen molar-refractivity contribution in [3.8, 4) is 5.75 Å². The summed E-state index contributed by atoms with van der Waals surface area (Å²) in [5.74, 6) is -1.29. The van der Waals surface area contributed by atoms with E-state index in [-0.39, 0.29) is 29.7 Å². The molecule has 7 nitrogen and oxygen atoms in total. The Labute approximate surface area is 168 Å². The van der Waals surface area contributed by atoms with Crippen molar-refractivity contribution in [1.82, 2.24) is 4.90 Å². The number of benzene rings is 2. The third kappa shape index (κ3) is 3.44. The van der Waals surface area contributed by atoms with Crippen molar-refractivity contribution in [2.75, 3.05) is 18.0 Å². The minimum Gasteiger partial charge on any atom is -0.478 e. The molecule has 0 atom stereocenters. The lowest BCUT2D eigenvalue weighted by Crippen LogP contribution is -2.55. The molecule has 2 aliphatic heterocycles. The van der Waals surface area contributed by atoms with Gasteiger partial charge in [0.2, 0.25) is 5.91 Å². The molecule has 0 unspecified atom stereocenters. The van der Waals surface area contributed by atoms with Crippen molar-refractivity contribution >= 4 is 23.5 Å². The Balaban J connectivity index is 1.60. The highest BCUT2D eigenvalue weighted by Gasteiger charge is 2.42. The Hall–Kier alpha value is -3.35. The van der Waals surface area contributed by atoms with Crippen LogP contribution in [0.1, 0.15) is 35.3 Å². The van der Waals surface area contributed by atoms with Crippen LogP contribution in [0.25, 0.3) is 0 Å². The monoisotopic (exact) mass is 394 g/mol. The molecule has 2 heterocycles. The molecule has 0 fully saturated rings. The van der Waals surface area contributed by atoms with Crippen molar-refractivity contribution < 1.29 is 24.2 Å². The van der Waals surface area contributed by atoms with Crippen LogP contribution >= 0.6 is 0 Å². The number of carbonyl (C=O) groups excluding carboxylic acids is 2. The Morgan fingerprint density at radius 1 is 1.14 bits per heavy atom. The molecule has 0 spiro atoms. The molecule has 0 bridgehead atoms. The van der Waals surface area contributed by atoms with Crippen LogP contribution in [0.2, 0.25) is 0 Å². The molecule has 29 heavy (non-hydrogen) atoms. The zero-order valence-corrected chi connectivity index (χ0v) is 16.3. The summed E-state index contributed by atoms with van der Waals surface area (Å²) < 4.78 is 5.75. The second-order valence-electron chi connectivity index (χ2n) is 7.83. The van der Waals surface area contributed by atoms with Crippen molar-refractivity contribution in [3.05, 3.63) is 59.2 Å². The highest BCUT2D eigenvalue weighted by Crippen LogP contribution is 2.38. The van der Waals surface area contributed by atoms with E-state index < -0.39 is 11.6 Å². The first-order chi connectivity index (χ1) is 13.8. The second-order valence-corrected chi connectivity index (χ2v) is 7.83. The SMILES string of the molecule is CC1(C)Oc2cc(C(=O)O)ccc2N(CC(=O)N2CCc3ccccc3C2)C1=O. The molecule has 2 amide bonds. The van der Waals surface area contributed by atoms with E-state index in [1.165, 1.54) is 28.7 Å². The molecule has 0 aliphatic carbocycles. The van der Waals surface area contributed by atoms with Crippen LogP contribution in [0.3, 0.4) is 0 Å². The maximum Gasteiger partial charge on any atom is 0.335 e.